The average Bonchev–Trinajstić information content (AvgIpc) is 2.36. The van der Waals surface area contributed by atoms with Gasteiger partial charge in [0, 0.05) is 36.7 Å². The third-order valence-corrected chi connectivity index (χ3v) is 4.33. The predicted octanol–water partition coefficient (Wildman–Crippen LogP) is 3.05. The SMILES string of the molecule is CCC1(C)CNCCN1Cc1cc(F)ccc1Cl. The van der Waals surface area contributed by atoms with Crippen LogP contribution in [0.25, 0.3) is 0 Å². The molecule has 1 aromatic carbocycles. The van der Waals surface area contributed by atoms with Crippen LogP contribution < -0.4 is 5.32 Å². The van der Waals surface area contributed by atoms with Crippen LogP contribution in [-0.4, -0.2) is 30.1 Å². The molecule has 2 rings (SSSR count). The summed E-state index contributed by atoms with van der Waals surface area (Å²) in [4.78, 5) is 2.39. The maximum absolute atomic E-state index is 13.3. The molecule has 0 saturated carbocycles. The van der Waals surface area contributed by atoms with E-state index in [0.717, 1.165) is 31.6 Å². The second-order valence-corrected chi connectivity index (χ2v) is 5.59. The van der Waals surface area contributed by atoms with E-state index in [1.165, 1.54) is 6.07 Å². The van der Waals surface area contributed by atoms with Crippen LogP contribution in [0.2, 0.25) is 5.02 Å². The molecule has 0 spiro atoms. The van der Waals surface area contributed by atoms with Crippen molar-refractivity contribution in [3.8, 4) is 0 Å². The third-order valence-electron chi connectivity index (χ3n) is 3.96. The van der Waals surface area contributed by atoms with Gasteiger partial charge in [-0.2, -0.15) is 0 Å². The van der Waals surface area contributed by atoms with Crippen molar-refractivity contribution in [1.82, 2.24) is 10.2 Å². The summed E-state index contributed by atoms with van der Waals surface area (Å²) in [6.07, 6.45) is 1.06. The Bertz CT molecular complexity index is 424. The summed E-state index contributed by atoms with van der Waals surface area (Å²) >= 11 is 6.14. The van der Waals surface area contributed by atoms with E-state index < -0.39 is 0 Å². The molecule has 1 aliphatic heterocycles. The number of hydrogen-bond acceptors (Lipinski definition) is 2. The van der Waals surface area contributed by atoms with Crippen molar-refractivity contribution in [3.63, 3.8) is 0 Å². The van der Waals surface area contributed by atoms with Gasteiger partial charge in [-0.05, 0) is 37.1 Å². The molecule has 1 aromatic rings. The average molecular weight is 271 g/mol. The minimum atomic E-state index is -0.220. The molecule has 1 heterocycles. The Hall–Kier alpha value is -0.640. The molecule has 0 bridgehead atoms. The number of rotatable bonds is 3. The predicted molar refractivity (Wildman–Crippen MR) is 73.4 cm³/mol. The Balaban J connectivity index is 2.18. The number of piperazine rings is 1. The lowest BCUT2D eigenvalue weighted by molar-refractivity contribution is 0.0637. The lowest BCUT2D eigenvalue weighted by Gasteiger charge is -2.45. The molecule has 1 N–H and O–H groups in total. The van der Waals surface area contributed by atoms with E-state index >= 15 is 0 Å². The van der Waals surface area contributed by atoms with Crippen LogP contribution in [0, 0.1) is 5.82 Å². The van der Waals surface area contributed by atoms with E-state index in [-0.39, 0.29) is 11.4 Å². The first-order valence-electron chi connectivity index (χ1n) is 6.45. The summed E-state index contributed by atoms with van der Waals surface area (Å²) in [6, 6.07) is 4.58. The highest BCUT2D eigenvalue weighted by Crippen LogP contribution is 2.26. The highest BCUT2D eigenvalue weighted by Gasteiger charge is 2.32. The summed E-state index contributed by atoms with van der Waals surface area (Å²) in [7, 11) is 0. The van der Waals surface area contributed by atoms with Gasteiger partial charge in [-0.25, -0.2) is 4.39 Å². The van der Waals surface area contributed by atoms with Gasteiger partial charge in [0.2, 0.25) is 0 Å². The van der Waals surface area contributed by atoms with E-state index in [1.807, 2.05) is 0 Å². The Morgan fingerprint density at radius 1 is 1.50 bits per heavy atom. The molecule has 1 aliphatic rings. The number of nitrogens with zero attached hydrogens (tertiary/aromatic N) is 1. The molecular formula is C14H20ClFN2. The van der Waals surface area contributed by atoms with Crippen molar-refractivity contribution in [2.24, 2.45) is 0 Å². The van der Waals surface area contributed by atoms with Gasteiger partial charge in [-0.3, -0.25) is 4.90 Å². The summed E-state index contributed by atoms with van der Waals surface area (Å²) in [5.74, 6) is -0.220. The lowest BCUT2D eigenvalue weighted by atomic mass is 9.93. The van der Waals surface area contributed by atoms with Crippen LogP contribution in [0.1, 0.15) is 25.8 Å². The fraction of sp³-hybridized carbons (Fsp3) is 0.571. The number of hydrogen-bond donors (Lipinski definition) is 1. The summed E-state index contributed by atoms with van der Waals surface area (Å²) in [5.41, 5.74) is 0.992. The maximum Gasteiger partial charge on any atom is 0.123 e. The molecule has 0 radical (unpaired) electrons. The Morgan fingerprint density at radius 3 is 3.00 bits per heavy atom. The molecule has 1 fully saturated rings. The fourth-order valence-corrected chi connectivity index (χ4v) is 2.62. The highest BCUT2D eigenvalue weighted by molar-refractivity contribution is 6.31. The van der Waals surface area contributed by atoms with Crippen molar-refractivity contribution < 1.29 is 4.39 Å². The zero-order valence-electron chi connectivity index (χ0n) is 11.0. The Morgan fingerprint density at radius 2 is 2.28 bits per heavy atom. The van der Waals surface area contributed by atoms with Crippen molar-refractivity contribution >= 4 is 11.6 Å². The van der Waals surface area contributed by atoms with E-state index in [4.69, 9.17) is 11.6 Å². The molecule has 0 amide bonds. The van der Waals surface area contributed by atoms with E-state index in [2.05, 4.69) is 24.1 Å². The fourth-order valence-electron chi connectivity index (χ4n) is 2.44. The van der Waals surface area contributed by atoms with Crippen molar-refractivity contribution in [3.05, 3.63) is 34.6 Å². The highest BCUT2D eigenvalue weighted by atomic mass is 35.5. The lowest BCUT2D eigenvalue weighted by Crippen LogP contribution is -2.58. The molecular weight excluding hydrogens is 251 g/mol. The topological polar surface area (TPSA) is 15.3 Å². The van der Waals surface area contributed by atoms with Crippen molar-refractivity contribution in [2.75, 3.05) is 19.6 Å². The van der Waals surface area contributed by atoms with Crippen molar-refractivity contribution in [2.45, 2.75) is 32.4 Å². The standard InChI is InChI=1S/C14H20ClFN2/c1-3-14(2)10-17-6-7-18(14)9-11-8-12(16)4-5-13(11)15/h4-5,8,17H,3,6-7,9-10H2,1-2H3. The molecule has 100 valence electrons. The normalized spacial score (nSPS) is 25.3. The molecule has 0 aromatic heterocycles. The van der Waals surface area contributed by atoms with Crippen LogP contribution in [0.15, 0.2) is 18.2 Å². The minimum Gasteiger partial charge on any atom is -0.314 e. The number of halogens is 2. The summed E-state index contributed by atoms with van der Waals surface area (Å²) < 4.78 is 13.3. The third kappa shape index (κ3) is 2.85. The van der Waals surface area contributed by atoms with Gasteiger partial charge >= 0.3 is 0 Å². The largest absolute Gasteiger partial charge is 0.314 e. The van der Waals surface area contributed by atoms with Gasteiger partial charge in [0.15, 0.2) is 0 Å². The molecule has 1 unspecified atom stereocenters. The first-order chi connectivity index (χ1) is 8.55. The zero-order valence-corrected chi connectivity index (χ0v) is 11.7. The van der Waals surface area contributed by atoms with E-state index in [1.54, 1.807) is 12.1 Å². The van der Waals surface area contributed by atoms with Crippen molar-refractivity contribution in [1.29, 1.82) is 0 Å². The van der Waals surface area contributed by atoms with Gasteiger partial charge < -0.3 is 5.32 Å². The monoisotopic (exact) mass is 270 g/mol. The number of nitrogens with one attached hydrogen (secondary N) is 1. The van der Waals surface area contributed by atoms with Gasteiger partial charge in [0.1, 0.15) is 5.82 Å². The molecule has 18 heavy (non-hydrogen) atoms. The van der Waals surface area contributed by atoms with E-state index in [9.17, 15) is 4.39 Å². The quantitative estimate of drug-likeness (QED) is 0.908. The summed E-state index contributed by atoms with van der Waals surface area (Å²) in [6.45, 7) is 8.05. The molecule has 1 saturated heterocycles. The zero-order chi connectivity index (χ0) is 13.2. The Kier molecular flexibility index (Phi) is 4.25. The second kappa shape index (κ2) is 5.55. The molecule has 4 heteroatoms. The van der Waals surface area contributed by atoms with Crippen LogP contribution in [0.4, 0.5) is 4.39 Å². The maximum atomic E-state index is 13.3. The molecule has 0 aliphatic carbocycles. The smallest absolute Gasteiger partial charge is 0.123 e. The summed E-state index contributed by atoms with van der Waals surface area (Å²) in [5, 5.41) is 4.07. The van der Waals surface area contributed by atoms with Crippen LogP contribution in [0.3, 0.4) is 0 Å². The second-order valence-electron chi connectivity index (χ2n) is 5.18. The van der Waals surface area contributed by atoms with Gasteiger partial charge in [0.05, 0.1) is 0 Å². The van der Waals surface area contributed by atoms with Crippen LogP contribution in [0.5, 0.6) is 0 Å². The van der Waals surface area contributed by atoms with Crippen LogP contribution in [-0.2, 0) is 6.54 Å². The van der Waals surface area contributed by atoms with Crippen LogP contribution >= 0.6 is 11.6 Å². The number of benzene rings is 1. The van der Waals surface area contributed by atoms with Gasteiger partial charge in [0.25, 0.3) is 0 Å². The molecule has 1 atom stereocenters. The van der Waals surface area contributed by atoms with Gasteiger partial charge in [-0.15, -0.1) is 0 Å². The van der Waals surface area contributed by atoms with Gasteiger partial charge in [-0.1, -0.05) is 18.5 Å². The minimum absolute atomic E-state index is 0.119. The Labute approximate surface area is 113 Å². The van der Waals surface area contributed by atoms with E-state index in [0.29, 0.717) is 11.6 Å². The first-order valence-corrected chi connectivity index (χ1v) is 6.82. The molecule has 2 nitrogen and oxygen atoms in total. The first kappa shape index (κ1) is 13.8.